The number of carbonyl (C=O) groups is 1. The van der Waals surface area contributed by atoms with Gasteiger partial charge in [-0.25, -0.2) is 4.98 Å². The molecule has 0 bridgehead atoms. The van der Waals surface area contributed by atoms with E-state index in [9.17, 15) is 4.79 Å². The molecule has 5 heteroatoms. The summed E-state index contributed by atoms with van der Waals surface area (Å²) in [5.41, 5.74) is 3.43. The van der Waals surface area contributed by atoms with Crippen molar-refractivity contribution in [2.75, 3.05) is 18.9 Å². The zero-order valence-corrected chi connectivity index (χ0v) is 12.0. The third-order valence-electron chi connectivity index (χ3n) is 4.63. The van der Waals surface area contributed by atoms with E-state index in [0.717, 1.165) is 23.6 Å². The summed E-state index contributed by atoms with van der Waals surface area (Å²) in [6, 6.07) is 6.31. The highest BCUT2D eigenvalue weighted by molar-refractivity contribution is 5.98. The number of nitrogens with zero attached hydrogens (tertiary/aromatic N) is 2. The van der Waals surface area contributed by atoms with E-state index < -0.39 is 0 Å². The van der Waals surface area contributed by atoms with Crippen molar-refractivity contribution in [3.8, 4) is 0 Å². The number of fused-ring (bicyclic) bond motifs is 2. The summed E-state index contributed by atoms with van der Waals surface area (Å²) < 4.78 is 2.04. The Hall–Kier alpha value is -2.30. The Morgan fingerprint density at radius 1 is 1.43 bits per heavy atom. The van der Waals surface area contributed by atoms with Crippen LogP contribution in [0.25, 0.3) is 0 Å². The smallest absolute Gasteiger partial charge is 0.251 e. The molecule has 108 valence electrons. The first-order chi connectivity index (χ1) is 10.2. The standard InChI is InChI=1S/C16H18N4O/c1-17-15-18-6-7-20(15)9-11-2-3-13-12(8-11)14(21)19-10-16(13)4-5-16/h2-3,6-8H,4-5,9-10H2,1H3,(H,17,18)(H,19,21). The van der Waals surface area contributed by atoms with E-state index in [2.05, 4.69) is 27.8 Å². The maximum Gasteiger partial charge on any atom is 0.251 e. The number of imidazole rings is 1. The summed E-state index contributed by atoms with van der Waals surface area (Å²) in [5.74, 6) is 0.889. The first-order valence-corrected chi connectivity index (χ1v) is 7.32. The largest absolute Gasteiger partial charge is 0.359 e. The molecule has 2 aromatic rings. The molecule has 1 saturated carbocycles. The highest BCUT2D eigenvalue weighted by atomic mass is 16.1. The molecule has 1 amide bonds. The van der Waals surface area contributed by atoms with Crippen LogP contribution in [-0.2, 0) is 12.0 Å². The SMILES string of the molecule is CNc1nccn1Cc1ccc2c(c1)C(=O)NCC21CC1. The van der Waals surface area contributed by atoms with Crippen LogP contribution in [-0.4, -0.2) is 29.1 Å². The predicted octanol–water partition coefficient (Wildman–Crippen LogP) is 1.75. The van der Waals surface area contributed by atoms with Crippen molar-refractivity contribution < 1.29 is 4.79 Å². The van der Waals surface area contributed by atoms with Crippen molar-refractivity contribution in [3.63, 3.8) is 0 Å². The number of rotatable bonds is 3. The van der Waals surface area contributed by atoms with Crippen molar-refractivity contribution in [3.05, 3.63) is 47.3 Å². The minimum absolute atomic E-state index is 0.0591. The van der Waals surface area contributed by atoms with Gasteiger partial charge in [0.05, 0.1) is 6.54 Å². The molecular formula is C16H18N4O. The number of anilines is 1. The molecule has 21 heavy (non-hydrogen) atoms. The van der Waals surface area contributed by atoms with Crippen molar-refractivity contribution in [2.45, 2.75) is 24.8 Å². The maximum absolute atomic E-state index is 12.1. The summed E-state index contributed by atoms with van der Waals surface area (Å²) in [6.07, 6.45) is 6.08. The van der Waals surface area contributed by atoms with Gasteiger partial charge in [-0.1, -0.05) is 12.1 Å². The highest BCUT2D eigenvalue weighted by Gasteiger charge is 2.48. The van der Waals surface area contributed by atoms with Crippen LogP contribution in [0.3, 0.4) is 0 Å². The minimum Gasteiger partial charge on any atom is -0.359 e. The molecule has 5 nitrogen and oxygen atoms in total. The number of aromatic nitrogens is 2. The van der Waals surface area contributed by atoms with Crippen LogP contribution in [0.1, 0.15) is 34.3 Å². The van der Waals surface area contributed by atoms with Gasteiger partial charge in [0.15, 0.2) is 0 Å². The van der Waals surface area contributed by atoms with Gasteiger partial charge in [0, 0.05) is 37.0 Å². The Balaban J connectivity index is 1.69. The topological polar surface area (TPSA) is 59.0 Å². The predicted molar refractivity (Wildman–Crippen MR) is 80.6 cm³/mol. The van der Waals surface area contributed by atoms with Crippen LogP contribution in [0.2, 0.25) is 0 Å². The monoisotopic (exact) mass is 282 g/mol. The van der Waals surface area contributed by atoms with Gasteiger partial charge in [-0.3, -0.25) is 4.79 Å². The lowest BCUT2D eigenvalue weighted by Crippen LogP contribution is -2.39. The minimum atomic E-state index is 0.0591. The molecule has 0 unspecified atom stereocenters. The number of benzene rings is 1. The van der Waals surface area contributed by atoms with Crippen molar-refractivity contribution in [1.29, 1.82) is 0 Å². The molecule has 0 saturated heterocycles. The van der Waals surface area contributed by atoms with E-state index in [1.807, 2.05) is 23.9 Å². The van der Waals surface area contributed by atoms with Gasteiger partial charge in [0.1, 0.15) is 0 Å². The molecule has 2 N–H and O–H groups in total. The second-order valence-electron chi connectivity index (χ2n) is 5.97. The third-order valence-corrected chi connectivity index (χ3v) is 4.63. The van der Waals surface area contributed by atoms with Crippen LogP contribution < -0.4 is 10.6 Å². The quantitative estimate of drug-likeness (QED) is 0.901. The second-order valence-corrected chi connectivity index (χ2v) is 5.97. The molecule has 1 aromatic heterocycles. The van der Waals surface area contributed by atoms with E-state index in [1.54, 1.807) is 6.20 Å². The molecule has 2 aliphatic rings. The molecule has 1 fully saturated rings. The van der Waals surface area contributed by atoms with E-state index in [1.165, 1.54) is 18.4 Å². The third kappa shape index (κ3) is 1.92. The average Bonchev–Trinajstić information content (AvgIpc) is 3.14. The summed E-state index contributed by atoms with van der Waals surface area (Å²) in [7, 11) is 1.86. The fourth-order valence-corrected chi connectivity index (χ4v) is 3.24. The summed E-state index contributed by atoms with van der Waals surface area (Å²) in [6.45, 7) is 1.51. The first kappa shape index (κ1) is 12.4. The zero-order chi connectivity index (χ0) is 14.4. The van der Waals surface area contributed by atoms with Crippen LogP contribution in [0.15, 0.2) is 30.6 Å². The Bertz CT molecular complexity index is 715. The van der Waals surface area contributed by atoms with Crippen LogP contribution in [0, 0.1) is 0 Å². The molecule has 1 aliphatic carbocycles. The van der Waals surface area contributed by atoms with Gasteiger partial charge in [-0.15, -0.1) is 0 Å². The van der Waals surface area contributed by atoms with E-state index in [-0.39, 0.29) is 11.3 Å². The second kappa shape index (κ2) is 4.35. The molecule has 4 rings (SSSR count). The molecule has 0 atom stereocenters. The maximum atomic E-state index is 12.1. The Kier molecular flexibility index (Phi) is 2.58. The molecular weight excluding hydrogens is 264 g/mol. The van der Waals surface area contributed by atoms with E-state index >= 15 is 0 Å². The summed E-state index contributed by atoms with van der Waals surface area (Å²) in [5, 5.41) is 6.09. The van der Waals surface area contributed by atoms with Crippen LogP contribution in [0.5, 0.6) is 0 Å². The van der Waals surface area contributed by atoms with Gasteiger partial charge in [-0.2, -0.15) is 0 Å². The normalized spacial score (nSPS) is 18.2. The van der Waals surface area contributed by atoms with Crippen LogP contribution in [0.4, 0.5) is 5.95 Å². The fraction of sp³-hybridized carbons (Fsp3) is 0.375. The van der Waals surface area contributed by atoms with Gasteiger partial charge in [-0.05, 0) is 30.0 Å². The lowest BCUT2D eigenvalue weighted by Gasteiger charge is -2.26. The number of carbonyl (C=O) groups excluding carboxylic acids is 1. The first-order valence-electron chi connectivity index (χ1n) is 7.32. The Morgan fingerprint density at radius 2 is 2.29 bits per heavy atom. The Labute approximate surface area is 123 Å². The molecule has 1 spiro atoms. The number of amides is 1. The summed E-state index contributed by atoms with van der Waals surface area (Å²) >= 11 is 0. The van der Waals surface area contributed by atoms with Gasteiger partial charge in [0.2, 0.25) is 5.95 Å². The van der Waals surface area contributed by atoms with E-state index in [0.29, 0.717) is 6.54 Å². The van der Waals surface area contributed by atoms with E-state index in [4.69, 9.17) is 0 Å². The average molecular weight is 282 g/mol. The molecule has 1 aliphatic heterocycles. The number of nitrogens with one attached hydrogen (secondary N) is 2. The van der Waals surface area contributed by atoms with Gasteiger partial charge in [0.25, 0.3) is 5.91 Å². The number of hydrogen-bond donors (Lipinski definition) is 2. The van der Waals surface area contributed by atoms with Crippen LogP contribution >= 0.6 is 0 Å². The highest BCUT2D eigenvalue weighted by Crippen LogP contribution is 2.50. The molecule has 1 aromatic carbocycles. The van der Waals surface area contributed by atoms with Crippen molar-refractivity contribution >= 4 is 11.9 Å². The molecule has 0 radical (unpaired) electrons. The summed E-state index contributed by atoms with van der Waals surface area (Å²) in [4.78, 5) is 16.4. The van der Waals surface area contributed by atoms with Crippen molar-refractivity contribution in [2.24, 2.45) is 0 Å². The fourth-order valence-electron chi connectivity index (χ4n) is 3.24. The Morgan fingerprint density at radius 3 is 3.05 bits per heavy atom. The lowest BCUT2D eigenvalue weighted by molar-refractivity contribution is 0.0937. The molecule has 2 heterocycles. The lowest BCUT2D eigenvalue weighted by atomic mass is 9.86. The number of hydrogen-bond acceptors (Lipinski definition) is 3. The van der Waals surface area contributed by atoms with Gasteiger partial charge >= 0.3 is 0 Å². The zero-order valence-electron chi connectivity index (χ0n) is 12.0. The van der Waals surface area contributed by atoms with Crippen molar-refractivity contribution in [1.82, 2.24) is 14.9 Å². The van der Waals surface area contributed by atoms with Gasteiger partial charge < -0.3 is 15.2 Å².